The molecule has 2 rings (SSSR count). The van der Waals surface area contributed by atoms with Crippen LogP contribution >= 0.6 is 0 Å². The van der Waals surface area contributed by atoms with Gasteiger partial charge in [-0.3, -0.25) is 5.10 Å². The molecule has 14 heavy (non-hydrogen) atoms. The highest BCUT2D eigenvalue weighted by molar-refractivity contribution is 5.97. The first-order chi connectivity index (χ1) is 6.74. The number of aromatic amines is 1. The maximum absolute atomic E-state index is 11.3. The van der Waals surface area contributed by atoms with Gasteiger partial charge in [0.15, 0.2) is 0 Å². The first-order valence-electron chi connectivity index (χ1n) is 4.25. The molecule has 2 aromatic rings. The number of nitrogens with one attached hydrogen (secondary N) is 1. The van der Waals surface area contributed by atoms with Crippen LogP contribution < -0.4 is 0 Å². The van der Waals surface area contributed by atoms with E-state index in [2.05, 4.69) is 14.9 Å². The number of hydrogen-bond acceptors (Lipinski definition) is 3. The van der Waals surface area contributed by atoms with E-state index < -0.39 is 0 Å². The minimum absolute atomic E-state index is 0.320. The van der Waals surface area contributed by atoms with Crippen molar-refractivity contribution in [1.82, 2.24) is 10.2 Å². The summed E-state index contributed by atoms with van der Waals surface area (Å²) in [5.74, 6) is -0.320. The summed E-state index contributed by atoms with van der Waals surface area (Å²) >= 11 is 0. The number of esters is 1. The lowest BCUT2D eigenvalue weighted by atomic mass is 10.1. The van der Waals surface area contributed by atoms with Crippen molar-refractivity contribution in [2.75, 3.05) is 7.11 Å². The molecule has 0 unspecified atom stereocenters. The monoisotopic (exact) mass is 190 g/mol. The smallest absolute Gasteiger partial charge is 0.338 e. The van der Waals surface area contributed by atoms with E-state index in [4.69, 9.17) is 0 Å². The quantitative estimate of drug-likeness (QED) is 0.696. The Hall–Kier alpha value is -1.84. The number of methoxy groups -OCH3 is 1. The molecule has 0 aliphatic heterocycles. The van der Waals surface area contributed by atoms with E-state index in [0.29, 0.717) is 5.56 Å². The van der Waals surface area contributed by atoms with Crippen LogP contribution in [0, 0.1) is 6.92 Å². The Morgan fingerprint density at radius 1 is 1.50 bits per heavy atom. The van der Waals surface area contributed by atoms with Crippen molar-refractivity contribution in [3.8, 4) is 0 Å². The fraction of sp³-hybridized carbons (Fsp3) is 0.200. The van der Waals surface area contributed by atoms with Crippen molar-refractivity contribution in [3.05, 3.63) is 29.5 Å². The molecule has 0 radical (unpaired) electrons. The Bertz CT molecular complexity index is 488. The van der Waals surface area contributed by atoms with Crippen LogP contribution in [-0.4, -0.2) is 23.3 Å². The van der Waals surface area contributed by atoms with E-state index in [9.17, 15) is 4.79 Å². The fourth-order valence-corrected chi connectivity index (χ4v) is 1.49. The molecular formula is C10H10N2O2. The van der Waals surface area contributed by atoms with E-state index in [-0.39, 0.29) is 5.97 Å². The van der Waals surface area contributed by atoms with Gasteiger partial charge in [0.25, 0.3) is 0 Å². The van der Waals surface area contributed by atoms with E-state index in [0.717, 1.165) is 16.5 Å². The molecule has 0 aliphatic rings. The van der Waals surface area contributed by atoms with Crippen LogP contribution in [0.1, 0.15) is 15.9 Å². The minimum Gasteiger partial charge on any atom is -0.465 e. The molecule has 0 saturated carbocycles. The third-order valence-corrected chi connectivity index (χ3v) is 2.28. The zero-order chi connectivity index (χ0) is 10.1. The van der Waals surface area contributed by atoms with Crippen LogP contribution in [-0.2, 0) is 4.74 Å². The molecule has 0 saturated heterocycles. The Labute approximate surface area is 80.9 Å². The molecule has 4 heteroatoms. The Morgan fingerprint density at radius 2 is 2.29 bits per heavy atom. The maximum atomic E-state index is 11.3. The number of fused-ring (bicyclic) bond motifs is 1. The first kappa shape index (κ1) is 8.74. The number of rotatable bonds is 1. The highest BCUT2D eigenvalue weighted by atomic mass is 16.5. The number of carbonyl (C=O) groups is 1. The number of carbonyl (C=O) groups excluding carboxylic acids is 1. The molecule has 72 valence electrons. The summed E-state index contributed by atoms with van der Waals surface area (Å²) in [6, 6.07) is 3.59. The van der Waals surface area contributed by atoms with Gasteiger partial charge in [-0.1, -0.05) is 6.07 Å². The standard InChI is InChI=1S/C10H10N2O2/c1-6-8(10(13)14-2)4-3-7-5-11-12-9(6)7/h3-5H,1-2H3,(H,11,12). The third-order valence-electron chi connectivity index (χ3n) is 2.28. The second-order valence-corrected chi connectivity index (χ2v) is 3.06. The molecule has 0 fully saturated rings. The van der Waals surface area contributed by atoms with Crippen LogP contribution in [0.15, 0.2) is 18.3 Å². The third kappa shape index (κ3) is 1.16. The lowest BCUT2D eigenvalue weighted by Crippen LogP contribution is -2.03. The van der Waals surface area contributed by atoms with Crippen molar-refractivity contribution >= 4 is 16.9 Å². The molecule has 0 spiro atoms. The Balaban J connectivity index is 2.67. The molecule has 0 bridgehead atoms. The van der Waals surface area contributed by atoms with Gasteiger partial charge in [-0.2, -0.15) is 5.10 Å². The molecular weight excluding hydrogens is 180 g/mol. The summed E-state index contributed by atoms with van der Waals surface area (Å²) in [5.41, 5.74) is 2.32. The van der Waals surface area contributed by atoms with Crippen LogP contribution in [0.4, 0.5) is 0 Å². The predicted molar refractivity (Wildman–Crippen MR) is 52.2 cm³/mol. The van der Waals surface area contributed by atoms with Gasteiger partial charge in [-0.05, 0) is 18.6 Å². The maximum Gasteiger partial charge on any atom is 0.338 e. The summed E-state index contributed by atoms with van der Waals surface area (Å²) in [6.45, 7) is 1.87. The highest BCUT2D eigenvalue weighted by Crippen LogP contribution is 2.19. The summed E-state index contributed by atoms with van der Waals surface area (Å²) < 4.78 is 4.67. The number of ether oxygens (including phenoxy) is 1. The van der Waals surface area contributed by atoms with Crippen LogP contribution in [0.25, 0.3) is 10.9 Å². The highest BCUT2D eigenvalue weighted by Gasteiger charge is 2.11. The Kier molecular flexibility index (Phi) is 1.96. The van der Waals surface area contributed by atoms with Crippen LogP contribution in [0.3, 0.4) is 0 Å². The van der Waals surface area contributed by atoms with Crippen molar-refractivity contribution < 1.29 is 9.53 Å². The molecule has 0 aliphatic carbocycles. The van der Waals surface area contributed by atoms with Gasteiger partial charge in [-0.15, -0.1) is 0 Å². The summed E-state index contributed by atoms with van der Waals surface area (Å²) in [7, 11) is 1.37. The van der Waals surface area contributed by atoms with Gasteiger partial charge in [0.2, 0.25) is 0 Å². The molecule has 4 nitrogen and oxygen atoms in total. The molecule has 1 heterocycles. The van der Waals surface area contributed by atoms with Gasteiger partial charge in [0.1, 0.15) is 0 Å². The SMILES string of the molecule is COC(=O)c1ccc2cn[nH]c2c1C. The van der Waals surface area contributed by atoms with Gasteiger partial charge in [0.05, 0.1) is 24.4 Å². The largest absolute Gasteiger partial charge is 0.465 e. The number of aromatic nitrogens is 2. The zero-order valence-corrected chi connectivity index (χ0v) is 8.00. The van der Waals surface area contributed by atoms with E-state index in [1.807, 2.05) is 13.0 Å². The number of aryl methyl sites for hydroxylation is 1. The lowest BCUT2D eigenvalue weighted by molar-refractivity contribution is 0.0600. The van der Waals surface area contributed by atoms with E-state index in [1.54, 1.807) is 12.3 Å². The minimum atomic E-state index is -0.320. The molecule has 1 aromatic carbocycles. The van der Waals surface area contributed by atoms with Gasteiger partial charge in [0, 0.05) is 5.39 Å². The van der Waals surface area contributed by atoms with E-state index in [1.165, 1.54) is 7.11 Å². The average Bonchev–Trinajstić information content (AvgIpc) is 2.66. The van der Waals surface area contributed by atoms with Crippen LogP contribution in [0.2, 0.25) is 0 Å². The van der Waals surface area contributed by atoms with Crippen molar-refractivity contribution in [2.45, 2.75) is 6.92 Å². The van der Waals surface area contributed by atoms with Gasteiger partial charge >= 0.3 is 5.97 Å². The fourth-order valence-electron chi connectivity index (χ4n) is 1.49. The summed E-state index contributed by atoms with van der Waals surface area (Å²) in [5, 5.41) is 7.76. The molecule has 0 amide bonds. The second kappa shape index (κ2) is 3.14. The number of hydrogen-bond donors (Lipinski definition) is 1. The van der Waals surface area contributed by atoms with E-state index >= 15 is 0 Å². The first-order valence-corrected chi connectivity index (χ1v) is 4.25. The van der Waals surface area contributed by atoms with Gasteiger partial charge < -0.3 is 4.74 Å². The molecule has 1 N–H and O–H groups in total. The number of H-pyrrole nitrogens is 1. The zero-order valence-electron chi connectivity index (χ0n) is 8.00. The van der Waals surface area contributed by atoms with Crippen molar-refractivity contribution in [1.29, 1.82) is 0 Å². The lowest BCUT2D eigenvalue weighted by Gasteiger charge is -2.03. The predicted octanol–water partition coefficient (Wildman–Crippen LogP) is 1.66. The summed E-state index contributed by atoms with van der Waals surface area (Å²) in [4.78, 5) is 11.3. The van der Waals surface area contributed by atoms with Crippen molar-refractivity contribution in [2.24, 2.45) is 0 Å². The van der Waals surface area contributed by atoms with Gasteiger partial charge in [-0.25, -0.2) is 4.79 Å². The van der Waals surface area contributed by atoms with Crippen molar-refractivity contribution in [3.63, 3.8) is 0 Å². The van der Waals surface area contributed by atoms with Crippen LogP contribution in [0.5, 0.6) is 0 Å². The molecule has 0 atom stereocenters. The summed E-state index contributed by atoms with van der Waals surface area (Å²) in [6.07, 6.45) is 1.73. The topological polar surface area (TPSA) is 55.0 Å². The number of benzene rings is 1. The second-order valence-electron chi connectivity index (χ2n) is 3.06. The number of nitrogens with zero attached hydrogens (tertiary/aromatic N) is 1. The average molecular weight is 190 g/mol. The molecule has 1 aromatic heterocycles. The normalized spacial score (nSPS) is 10.4. The Morgan fingerprint density at radius 3 is 3.00 bits per heavy atom.